The molecule has 0 aliphatic heterocycles. The van der Waals surface area contributed by atoms with Crippen molar-refractivity contribution in [2.45, 2.75) is 26.7 Å². The molecule has 1 aliphatic rings. The van der Waals surface area contributed by atoms with Crippen LogP contribution in [0.15, 0.2) is 29.8 Å². The van der Waals surface area contributed by atoms with Gasteiger partial charge < -0.3 is 10.1 Å². The van der Waals surface area contributed by atoms with Crippen LogP contribution in [0.2, 0.25) is 0 Å². The van der Waals surface area contributed by atoms with E-state index in [2.05, 4.69) is 25.2 Å². The maximum absolute atomic E-state index is 13.6. The van der Waals surface area contributed by atoms with Crippen LogP contribution < -0.4 is 10.1 Å². The highest BCUT2D eigenvalue weighted by molar-refractivity contribution is 5.47. The Morgan fingerprint density at radius 3 is 2.84 bits per heavy atom. The van der Waals surface area contributed by atoms with Gasteiger partial charge in [-0.05, 0) is 43.7 Å². The quantitative estimate of drug-likeness (QED) is 0.820. The summed E-state index contributed by atoms with van der Waals surface area (Å²) in [5.41, 5.74) is 2.28. The molecular weight excluding hydrogens is 241 g/mol. The Balaban J connectivity index is 1.92. The lowest BCUT2D eigenvalue weighted by atomic mass is 9.84. The van der Waals surface area contributed by atoms with Crippen molar-refractivity contribution in [2.75, 3.05) is 19.0 Å². The van der Waals surface area contributed by atoms with Gasteiger partial charge in [0, 0.05) is 18.3 Å². The lowest BCUT2D eigenvalue weighted by molar-refractivity contribution is 0.386. The molecule has 19 heavy (non-hydrogen) atoms. The van der Waals surface area contributed by atoms with Crippen molar-refractivity contribution in [2.24, 2.45) is 11.8 Å². The summed E-state index contributed by atoms with van der Waals surface area (Å²) >= 11 is 0. The van der Waals surface area contributed by atoms with Crippen LogP contribution in [0.3, 0.4) is 0 Å². The van der Waals surface area contributed by atoms with E-state index in [1.54, 1.807) is 6.07 Å². The number of nitrogens with one attached hydrogen (secondary N) is 1. The summed E-state index contributed by atoms with van der Waals surface area (Å²) in [6.07, 6.45) is 4.68. The summed E-state index contributed by atoms with van der Waals surface area (Å²) < 4.78 is 18.5. The van der Waals surface area contributed by atoms with E-state index in [1.807, 2.05) is 6.07 Å². The number of hydrogen-bond donors (Lipinski definition) is 1. The van der Waals surface area contributed by atoms with E-state index < -0.39 is 0 Å². The Kier molecular flexibility index (Phi) is 4.46. The van der Waals surface area contributed by atoms with Crippen molar-refractivity contribution in [1.29, 1.82) is 0 Å². The van der Waals surface area contributed by atoms with Crippen LogP contribution in [0.25, 0.3) is 0 Å². The van der Waals surface area contributed by atoms with Gasteiger partial charge in [-0.1, -0.05) is 18.6 Å². The zero-order valence-corrected chi connectivity index (χ0v) is 11.9. The minimum atomic E-state index is -0.319. The van der Waals surface area contributed by atoms with Crippen molar-refractivity contribution in [1.82, 2.24) is 0 Å². The second-order valence-electron chi connectivity index (χ2n) is 5.53. The van der Waals surface area contributed by atoms with E-state index in [9.17, 15) is 4.39 Å². The lowest BCUT2D eigenvalue weighted by Crippen LogP contribution is -2.20. The zero-order valence-electron chi connectivity index (χ0n) is 11.9. The third kappa shape index (κ3) is 3.72. The topological polar surface area (TPSA) is 21.3 Å². The molecule has 2 atom stereocenters. The van der Waals surface area contributed by atoms with Gasteiger partial charge in [-0.25, -0.2) is 4.39 Å². The van der Waals surface area contributed by atoms with Crippen LogP contribution in [0.1, 0.15) is 26.7 Å². The van der Waals surface area contributed by atoms with Gasteiger partial charge in [0.1, 0.15) is 0 Å². The molecule has 2 rings (SSSR count). The van der Waals surface area contributed by atoms with Crippen LogP contribution >= 0.6 is 0 Å². The van der Waals surface area contributed by atoms with Gasteiger partial charge in [-0.2, -0.15) is 0 Å². The molecule has 0 radical (unpaired) electrons. The van der Waals surface area contributed by atoms with Gasteiger partial charge in [0.25, 0.3) is 0 Å². The number of halogens is 1. The van der Waals surface area contributed by atoms with E-state index >= 15 is 0 Å². The first kappa shape index (κ1) is 13.9. The molecule has 3 heteroatoms. The molecular formula is C16H22FNO. The van der Waals surface area contributed by atoms with Gasteiger partial charge in [-0.15, -0.1) is 0 Å². The normalized spacial score (nSPS) is 22.8. The number of allylic oxidation sites excluding steroid dienone is 2. The fraction of sp³-hybridized carbons (Fsp3) is 0.500. The van der Waals surface area contributed by atoms with Crippen LogP contribution in [-0.2, 0) is 0 Å². The number of methoxy groups -OCH3 is 1. The second-order valence-corrected chi connectivity index (χ2v) is 5.53. The molecule has 0 saturated carbocycles. The predicted octanol–water partition coefficient (Wildman–Crippen LogP) is 4.24. The highest BCUT2D eigenvalue weighted by atomic mass is 19.1. The second kappa shape index (κ2) is 6.09. The molecule has 1 aliphatic carbocycles. The predicted molar refractivity (Wildman–Crippen MR) is 77.1 cm³/mol. The molecule has 2 nitrogen and oxygen atoms in total. The number of benzene rings is 1. The molecule has 1 aromatic rings. The van der Waals surface area contributed by atoms with E-state index in [-0.39, 0.29) is 11.6 Å². The van der Waals surface area contributed by atoms with Crippen molar-refractivity contribution in [3.8, 4) is 5.75 Å². The first-order valence-corrected chi connectivity index (χ1v) is 6.83. The van der Waals surface area contributed by atoms with Gasteiger partial charge in [-0.3, -0.25) is 0 Å². The number of anilines is 1. The lowest BCUT2D eigenvalue weighted by Gasteiger charge is -2.26. The molecule has 0 aromatic heterocycles. The van der Waals surface area contributed by atoms with Crippen molar-refractivity contribution in [3.63, 3.8) is 0 Å². The summed E-state index contributed by atoms with van der Waals surface area (Å²) in [4.78, 5) is 0. The van der Waals surface area contributed by atoms with Crippen molar-refractivity contribution in [3.05, 3.63) is 35.7 Å². The average molecular weight is 263 g/mol. The molecule has 0 saturated heterocycles. The van der Waals surface area contributed by atoms with Crippen LogP contribution in [-0.4, -0.2) is 13.7 Å². The van der Waals surface area contributed by atoms with Gasteiger partial charge in [0.15, 0.2) is 11.6 Å². The third-order valence-electron chi connectivity index (χ3n) is 3.63. The van der Waals surface area contributed by atoms with Gasteiger partial charge >= 0.3 is 0 Å². The Morgan fingerprint density at radius 2 is 2.21 bits per heavy atom. The molecule has 1 N–H and O–H groups in total. The Hall–Kier alpha value is -1.51. The van der Waals surface area contributed by atoms with E-state index in [0.717, 1.165) is 18.7 Å². The summed E-state index contributed by atoms with van der Waals surface area (Å²) in [6, 6.07) is 5.01. The molecule has 0 bridgehead atoms. The van der Waals surface area contributed by atoms with Crippen LogP contribution in [0, 0.1) is 17.7 Å². The SMILES string of the molecule is COc1ccc(NCC2CC(C)=CC(C)C2)cc1F. The Morgan fingerprint density at radius 1 is 1.42 bits per heavy atom. The fourth-order valence-corrected chi connectivity index (χ4v) is 2.88. The summed E-state index contributed by atoms with van der Waals surface area (Å²) in [7, 11) is 1.48. The van der Waals surface area contributed by atoms with Crippen molar-refractivity contribution < 1.29 is 9.13 Å². The highest BCUT2D eigenvalue weighted by Gasteiger charge is 2.17. The summed E-state index contributed by atoms with van der Waals surface area (Å²) in [5, 5.41) is 3.32. The molecule has 0 amide bonds. The summed E-state index contributed by atoms with van der Waals surface area (Å²) in [5.74, 6) is 1.24. The molecule has 0 fully saturated rings. The molecule has 104 valence electrons. The maximum Gasteiger partial charge on any atom is 0.167 e. The van der Waals surface area contributed by atoms with E-state index in [0.29, 0.717) is 11.8 Å². The molecule has 0 heterocycles. The summed E-state index contributed by atoms with van der Waals surface area (Å²) in [6.45, 7) is 5.33. The number of rotatable bonds is 4. The van der Waals surface area contributed by atoms with Gasteiger partial charge in [0.05, 0.1) is 7.11 Å². The average Bonchev–Trinajstić information content (AvgIpc) is 2.35. The largest absolute Gasteiger partial charge is 0.494 e. The minimum absolute atomic E-state index is 0.288. The monoisotopic (exact) mass is 263 g/mol. The molecule has 0 spiro atoms. The fourth-order valence-electron chi connectivity index (χ4n) is 2.88. The molecule has 1 aromatic carbocycles. The van der Waals surface area contributed by atoms with Crippen LogP contribution in [0.5, 0.6) is 5.75 Å². The first-order chi connectivity index (χ1) is 9.08. The Labute approximate surface area is 114 Å². The highest BCUT2D eigenvalue weighted by Crippen LogP contribution is 2.28. The van der Waals surface area contributed by atoms with Crippen molar-refractivity contribution >= 4 is 5.69 Å². The van der Waals surface area contributed by atoms with E-state index in [4.69, 9.17) is 4.74 Å². The zero-order chi connectivity index (χ0) is 13.8. The van der Waals surface area contributed by atoms with E-state index in [1.165, 1.54) is 25.2 Å². The third-order valence-corrected chi connectivity index (χ3v) is 3.63. The van der Waals surface area contributed by atoms with Crippen LogP contribution in [0.4, 0.5) is 10.1 Å². The molecule has 2 unspecified atom stereocenters. The standard InChI is InChI=1S/C16H22FNO/c1-11-6-12(2)8-13(7-11)10-18-14-4-5-16(19-3)15(17)9-14/h4-6,9,11,13,18H,7-8,10H2,1-3H3. The first-order valence-electron chi connectivity index (χ1n) is 6.83. The maximum atomic E-state index is 13.6. The van der Waals surface area contributed by atoms with Gasteiger partial charge in [0.2, 0.25) is 0 Å². The smallest absolute Gasteiger partial charge is 0.167 e. The minimum Gasteiger partial charge on any atom is -0.494 e. The number of hydrogen-bond acceptors (Lipinski definition) is 2. The number of ether oxygens (including phenoxy) is 1. The Bertz CT molecular complexity index is 470.